The van der Waals surface area contributed by atoms with E-state index in [0.29, 0.717) is 5.11 Å². The van der Waals surface area contributed by atoms with Crippen LogP contribution in [0.1, 0.15) is 13.8 Å². The fourth-order valence-electron chi connectivity index (χ4n) is 2.24. The van der Waals surface area contributed by atoms with Crippen molar-refractivity contribution < 1.29 is 4.79 Å². The Hall–Kier alpha value is -1.66. The second-order valence-electron chi connectivity index (χ2n) is 5.94. The highest BCUT2D eigenvalue weighted by Crippen LogP contribution is 2.19. The minimum atomic E-state index is -0.0839. The van der Waals surface area contributed by atoms with Crippen LogP contribution in [0.4, 0.5) is 11.4 Å². The maximum Gasteiger partial charge on any atom is 0.228 e. The van der Waals surface area contributed by atoms with Gasteiger partial charge < -0.3 is 20.4 Å². The second kappa shape index (κ2) is 7.56. The predicted molar refractivity (Wildman–Crippen MR) is 95.4 cm³/mol. The molecule has 6 heteroatoms. The van der Waals surface area contributed by atoms with Crippen LogP contribution in [-0.2, 0) is 4.79 Å². The molecule has 0 saturated carbocycles. The topological polar surface area (TPSA) is 47.6 Å². The molecule has 0 radical (unpaired) electrons. The van der Waals surface area contributed by atoms with E-state index in [-0.39, 0.29) is 11.8 Å². The van der Waals surface area contributed by atoms with Crippen molar-refractivity contribution in [2.45, 2.75) is 13.8 Å². The summed E-state index contributed by atoms with van der Waals surface area (Å²) in [6.45, 7) is 7.94. The zero-order valence-corrected chi connectivity index (χ0v) is 14.2. The molecule has 2 rings (SSSR count). The number of likely N-dealkylation sites (N-methyl/N-ethyl adjacent to an activating group) is 1. The van der Waals surface area contributed by atoms with Crippen molar-refractivity contribution in [3.63, 3.8) is 0 Å². The molecule has 1 aromatic rings. The highest BCUT2D eigenvalue weighted by atomic mass is 32.1. The van der Waals surface area contributed by atoms with Gasteiger partial charge in [0.2, 0.25) is 5.91 Å². The molecular weight excluding hydrogens is 296 g/mol. The van der Waals surface area contributed by atoms with Crippen molar-refractivity contribution in [1.82, 2.24) is 10.2 Å². The number of hydrogen-bond acceptors (Lipinski definition) is 4. The van der Waals surface area contributed by atoms with Crippen molar-refractivity contribution in [2.75, 3.05) is 43.4 Å². The standard InChI is InChI=1S/C16H24N4OS/c1-12(2)15(21)18-16(22)17-13-4-6-14(7-5-13)20-10-8-19(3)9-11-20/h4-7,12H,8-11H2,1-3H3,(H2,17,18,21,22). The van der Waals surface area contributed by atoms with E-state index in [1.165, 1.54) is 5.69 Å². The molecular formula is C16H24N4OS. The van der Waals surface area contributed by atoms with Crippen molar-refractivity contribution in [1.29, 1.82) is 0 Å². The van der Waals surface area contributed by atoms with Gasteiger partial charge in [0.25, 0.3) is 0 Å². The summed E-state index contributed by atoms with van der Waals surface area (Å²) in [5, 5.41) is 6.05. The number of hydrogen-bond donors (Lipinski definition) is 2. The van der Waals surface area contributed by atoms with Crippen LogP contribution in [0.2, 0.25) is 0 Å². The smallest absolute Gasteiger partial charge is 0.228 e. The fourth-order valence-corrected chi connectivity index (χ4v) is 2.46. The van der Waals surface area contributed by atoms with Gasteiger partial charge in [-0.3, -0.25) is 4.79 Å². The zero-order chi connectivity index (χ0) is 16.1. The van der Waals surface area contributed by atoms with E-state index in [4.69, 9.17) is 12.2 Å². The van der Waals surface area contributed by atoms with Gasteiger partial charge in [0.1, 0.15) is 0 Å². The second-order valence-corrected chi connectivity index (χ2v) is 6.34. The Labute approximate surface area is 137 Å². The summed E-state index contributed by atoms with van der Waals surface area (Å²) >= 11 is 5.14. The minimum Gasteiger partial charge on any atom is -0.369 e. The van der Waals surface area contributed by atoms with Crippen LogP contribution in [0.5, 0.6) is 0 Å². The predicted octanol–water partition coefficient (Wildman–Crippen LogP) is 1.91. The summed E-state index contributed by atoms with van der Waals surface area (Å²) in [6.07, 6.45) is 0. The van der Waals surface area contributed by atoms with E-state index in [9.17, 15) is 4.79 Å². The van der Waals surface area contributed by atoms with Gasteiger partial charge in [-0.05, 0) is 43.5 Å². The van der Waals surface area contributed by atoms with Gasteiger partial charge in [0, 0.05) is 43.5 Å². The Balaban J connectivity index is 1.89. The largest absolute Gasteiger partial charge is 0.369 e. The molecule has 22 heavy (non-hydrogen) atoms. The number of nitrogens with zero attached hydrogens (tertiary/aromatic N) is 2. The third-order valence-corrected chi connectivity index (χ3v) is 3.96. The van der Waals surface area contributed by atoms with Gasteiger partial charge in [-0.2, -0.15) is 0 Å². The summed E-state index contributed by atoms with van der Waals surface area (Å²) in [7, 11) is 2.15. The number of benzene rings is 1. The summed E-state index contributed by atoms with van der Waals surface area (Å²) < 4.78 is 0. The molecule has 1 aliphatic heterocycles. The Kier molecular flexibility index (Phi) is 5.74. The van der Waals surface area contributed by atoms with Crippen LogP contribution in [0, 0.1) is 5.92 Å². The number of amides is 1. The zero-order valence-electron chi connectivity index (χ0n) is 13.4. The average Bonchev–Trinajstić information content (AvgIpc) is 2.48. The molecule has 0 spiro atoms. The maximum atomic E-state index is 11.6. The third-order valence-electron chi connectivity index (χ3n) is 3.75. The molecule has 0 atom stereocenters. The first-order valence-corrected chi connectivity index (χ1v) is 8.02. The number of thiocarbonyl (C=S) groups is 1. The number of carbonyl (C=O) groups is 1. The van der Waals surface area contributed by atoms with Gasteiger partial charge in [-0.1, -0.05) is 13.8 Å². The number of piperazine rings is 1. The van der Waals surface area contributed by atoms with Gasteiger partial charge in [-0.25, -0.2) is 0 Å². The molecule has 0 aliphatic carbocycles. The van der Waals surface area contributed by atoms with E-state index in [2.05, 4.69) is 39.6 Å². The molecule has 1 amide bonds. The van der Waals surface area contributed by atoms with E-state index in [0.717, 1.165) is 31.9 Å². The molecule has 1 saturated heterocycles. The summed E-state index contributed by atoms with van der Waals surface area (Å²) in [5.41, 5.74) is 2.10. The Morgan fingerprint density at radius 1 is 1.14 bits per heavy atom. The number of rotatable bonds is 3. The van der Waals surface area contributed by atoms with E-state index >= 15 is 0 Å². The molecule has 1 aromatic carbocycles. The first kappa shape index (κ1) is 16.7. The van der Waals surface area contributed by atoms with E-state index in [1.807, 2.05) is 26.0 Å². The van der Waals surface area contributed by atoms with Gasteiger partial charge in [0.15, 0.2) is 5.11 Å². The number of nitrogens with one attached hydrogen (secondary N) is 2. The normalized spacial score (nSPS) is 15.7. The molecule has 1 heterocycles. The SMILES string of the molecule is CC(C)C(=O)NC(=S)Nc1ccc(N2CCN(C)CC2)cc1. The Bertz CT molecular complexity index is 521. The first-order valence-electron chi connectivity index (χ1n) is 7.61. The van der Waals surface area contributed by atoms with Gasteiger partial charge in [-0.15, -0.1) is 0 Å². The van der Waals surface area contributed by atoms with Gasteiger partial charge >= 0.3 is 0 Å². The van der Waals surface area contributed by atoms with Crippen molar-refractivity contribution in [3.05, 3.63) is 24.3 Å². The third kappa shape index (κ3) is 4.68. The lowest BCUT2D eigenvalue weighted by Crippen LogP contribution is -2.44. The van der Waals surface area contributed by atoms with Crippen molar-refractivity contribution >= 4 is 34.6 Å². The molecule has 120 valence electrons. The van der Waals surface area contributed by atoms with Crippen LogP contribution in [0.15, 0.2) is 24.3 Å². The lowest BCUT2D eigenvalue weighted by molar-refractivity contribution is -0.122. The van der Waals surface area contributed by atoms with Crippen molar-refractivity contribution in [3.8, 4) is 0 Å². The lowest BCUT2D eigenvalue weighted by atomic mass is 10.2. The molecule has 0 bridgehead atoms. The average molecular weight is 320 g/mol. The summed E-state index contributed by atoms with van der Waals surface area (Å²) in [4.78, 5) is 16.3. The Morgan fingerprint density at radius 2 is 1.73 bits per heavy atom. The summed E-state index contributed by atoms with van der Waals surface area (Å²) in [6, 6.07) is 8.14. The first-order chi connectivity index (χ1) is 10.5. The molecule has 1 aliphatic rings. The minimum absolute atomic E-state index is 0.0773. The molecule has 0 aromatic heterocycles. The van der Waals surface area contributed by atoms with Crippen LogP contribution < -0.4 is 15.5 Å². The molecule has 1 fully saturated rings. The van der Waals surface area contributed by atoms with Gasteiger partial charge in [0.05, 0.1) is 0 Å². The van der Waals surface area contributed by atoms with Crippen LogP contribution in [-0.4, -0.2) is 49.1 Å². The van der Waals surface area contributed by atoms with Crippen LogP contribution >= 0.6 is 12.2 Å². The van der Waals surface area contributed by atoms with E-state index < -0.39 is 0 Å². The van der Waals surface area contributed by atoms with Crippen molar-refractivity contribution in [2.24, 2.45) is 5.92 Å². The highest BCUT2D eigenvalue weighted by molar-refractivity contribution is 7.80. The number of carbonyl (C=O) groups excluding carboxylic acids is 1. The lowest BCUT2D eigenvalue weighted by Gasteiger charge is -2.34. The molecule has 0 unspecified atom stereocenters. The Morgan fingerprint density at radius 3 is 2.27 bits per heavy atom. The fraction of sp³-hybridized carbons (Fsp3) is 0.500. The van der Waals surface area contributed by atoms with Crippen LogP contribution in [0.3, 0.4) is 0 Å². The van der Waals surface area contributed by atoms with E-state index in [1.54, 1.807) is 0 Å². The maximum absolute atomic E-state index is 11.6. The highest BCUT2D eigenvalue weighted by Gasteiger charge is 2.14. The summed E-state index contributed by atoms with van der Waals surface area (Å²) in [5.74, 6) is -0.161. The monoisotopic (exact) mass is 320 g/mol. The molecule has 5 nitrogen and oxygen atoms in total. The number of anilines is 2. The van der Waals surface area contributed by atoms with Crippen LogP contribution in [0.25, 0.3) is 0 Å². The quantitative estimate of drug-likeness (QED) is 0.833. The molecule has 2 N–H and O–H groups in total.